The molecule has 2 heterocycles. The van der Waals surface area contributed by atoms with Gasteiger partial charge in [0.1, 0.15) is 5.75 Å². The van der Waals surface area contributed by atoms with Crippen molar-refractivity contribution in [2.75, 3.05) is 22.8 Å². The molecule has 0 unspecified atom stereocenters. The fourth-order valence-electron chi connectivity index (χ4n) is 3.04. The van der Waals surface area contributed by atoms with Gasteiger partial charge in [-0.3, -0.25) is 9.52 Å². The molecule has 4 rings (SSSR count). The zero-order chi connectivity index (χ0) is 21.3. The van der Waals surface area contributed by atoms with E-state index >= 15 is 0 Å². The van der Waals surface area contributed by atoms with E-state index in [1.165, 1.54) is 11.3 Å². The van der Waals surface area contributed by atoms with Crippen LogP contribution in [0.4, 0.5) is 10.8 Å². The number of amides is 1. The van der Waals surface area contributed by atoms with Crippen LogP contribution in [0.5, 0.6) is 5.75 Å². The normalized spacial score (nSPS) is 13.5. The highest BCUT2D eigenvalue weighted by molar-refractivity contribution is 7.93. The van der Waals surface area contributed by atoms with Gasteiger partial charge in [-0.25, -0.2) is 13.4 Å². The zero-order valence-corrected chi connectivity index (χ0v) is 17.8. The molecule has 7 nitrogen and oxygen atoms in total. The van der Waals surface area contributed by atoms with Crippen LogP contribution in [-0.2, 0) is 14.8 Å². The van der Waals surface area contributed by atoms with Gasteiger partial charge >= 0.3 is 0 Å². The van der Waals surface area contributed by atoms with Crippen LogP contribution in [0.1, 0.15) is 5.56 Å². The van der Waals surface area contributed by atoms with Crippen LogP contribution in [-0.4, -0.2) is 32.5 Å². The predicted octanol–water partition coefficient (Wildman–Crippen LogP) is 3.83. The third kappa shape index (κ3) is 3.94. The second kappa shape index (κ2) is 7.92. The Balaban J connectivity index is 1.61. The second-order valence-electron chi connectivity index (χ2n) is 6.72. The molecule has 154 valence electrons. The number of carbonyl (C=O) groups is 1. The SMILES string of the molecule is C=CCN1C(=O)COc2ccc(-c3csc(NS(=O)(=O)c4ccc(C)cc4)n3)cc21. The molecule has 0 spiro atoms. The predicted molar refractivity (Wildman–Crippen MR) is 118 cm³/mol. The summed E-state index contributed by atoms with van der Waals surface area (Å²) in [5.74, 6) is 0.458. The number of benzene rings is 2. The lowest BCUT2D eigenvalue weighted by Gasteiger charge is -2.28. The molecule has 3 aromatic rings. The summed E-state index contributed by atoms with van der Waals surface area (Å²) >= 11 is 1.19. The summed E-state index contributed by atoms with van der Waals surface area (Å²) in [6.45, 7) is 5.95. The number of rotatable bonds is 6. The first-order valence-corrected chi connectivity index (χ1v) is 11.5. The summed E-state index contributed by atoms with van der Waals surface area (Å²) in [6.07, 6.45) is 1.65. The number of sulfonamides is 1. The van der Waals surface area contributed by atoms with Crippen molar-refractivity contribution in [2.45, 2.75) is 11.8 Å². The van der Waals surface area contributed by atoms with E-state index in [4.69, 9.17) is 4.74 Å². The number of nitrogens with one attached hydrogen (secondary N) is 1. The standard InChI is InChI=1S/C21H19N3O4S2/c1-3-10-24-18-11-15(6-9-19(18)28-12-20(24)25)17-13-29-21(22-17)23-30(26,27)16-7-4-14(2)5-8-16/h3-9,11,13H,1,10,12H2,2H3,(H,22,23). The fraction of sp³-hybridized carbons (Fsp3) is 0.143. The van der Waals surface area contributed by atoms with Crippen LogP contribution in [0, 0.1) is 6.92 Å². The highest BCUT2D eigenvalue weighted by Gasteiger charge is 2.25. The molecule has 0 fully saturated rings. The molecule has 2 aromatic carbocycles. The van der Waals surface area contributed by atoms with E-state index in [1.807, 2.05) is 19.1 Å². The monoisotopic (exact) mass is 441 g/mol. The van der Waals surface area contributed by atoms with Gasteiger partial charge in [0.15, 0.2) is 11.7 Å². The van der Waals surface area contributed by atoms with Crippen molar-refractivity contribution in [3.8, 4) is 17.0 Å². The molecule has 30 heavy (non-hydrogen) atoms. The molecule has 0 bridgehead atoms. The first-order chi connectivity index (χ1) is 14.4. The summed E-state index contributed by atoms with van der Waals surface area (Å²) in [6, 6.07) is 12.0. The van der Waals surface area contributed by atoms with Gasteiger partial charge in [0.2, 0.25) is 0 Å². The van der Waals surface area contributed by atoms with Gasteiger partial charge in [-0.1, -0.05) is 23.8 Å². The van der Waals surface area contributed by atoms with Crippen molar-refractivity contribution in [1.29, 1.82) is 0 Å². The lowest BCUT2D eigenvalue weighted by atomic mass is 10.1. The Bertz CT molecular complexity index is 1220. The van der Waals surface area contributed by atoms with Crippen LogP contribution in [0.3, 0.4) is 0 Å². The minimum absolute atomic E-state index is 0.0121. The number of hydrogen-bond donors (Lipinski definition) is 1. The average molecular weight is 442 g/mol. The number of fused-ring (bicyclic) bond motifs is 1. The molecule has 0 saturated carbocycles. The lowest BCUT2D eigenvalue weighted by molar-refractivity contribution is -0.121. The summed E-state index contributed by atoms with van der Waals surface area (Å²) in [7, 11) is -3.72. The molecule has 0 saturated heterocycles. The first-order valence-electron chi connectivity index (χ1n) is 9.11. The third-order valence-corrected chi connectivity index (χ3v) is 6.81. The van der Waals surface area contributed by atoms with E-state index < -0.39 is 10.0 Å². The van der Waals surface area contributed by atoms with Gasteiger partial charge in [-0.2, -0.15) is 0 Å². The molecule has 0 aliphatic carbocycles. The molecule has 0 atom stereocenters. The molecule has 1 aliphatic rings. The Hall–Kier alpha value is -3.17. The van der Waals surface area contributed by atoms with Crippen LogP contribution >= 0.6 is 11.3 Å². The first kappa shape index (κ1) is 20.1. The Morgan fingerprint density at radius 1 is 1.27 bits per heavy atom. The van der Waals surface area contributed by atoms with E-state index in [0.717, 1.165) is 11.1 Å². The van der Waals surface area contributed by atoms with Crippen molar-refractivity contribution in [3.05, 3.63) is 66.1 Å². The fourth-order valence-corrected chi connectivity index (χ4v) is 5.01. The van der Waals surface area contributed by atoms with Gasteiger partial charge in [0, 0.05) is 17.5 Å². The summed E-state index contributed by atoms with van der Waals surface area (Å²) in [5, 5.41) is 2.02. The van der Waals surface area contributed by atoms with Gasteiger partial charge in [0.25, 0.3) is 15.9 Å². The Morgan fingerprint density at radius 2 is 2.03 bits per heavy atom. The highest BCUT2D eigenvalue weighted by atomic mass is 32.2. The van der Waals surface area contributed by atoms with E-state index in [-0.39, 0.29) is 22.5 Å². The van der Waals surface area contributed by atoms with Crippen LogP contribution < -0.4 is 14.4 Å². The van der Waals surface area contributed by atoms with Gasteiger partial charge in [-0.15, -0.1) is 17.9 Å². The topological polar surface area (TPSA) is 88.6 Å². The van der Waals surface area contributed by atoms with E-state index in [0.29, 0.717) is 23.7 Å². The molecule has 1 N–H and O–H groups in total. The maximum Gasteiger partial charge on any atom is 0.265 e. The molecule has 1 aromatic heterocycles. The number of carbonyl (C=O) groups excluding carboxylic acids is 1. The average Bonchev–Trinajstić information content (AvgIpc) is 3.18. The number of aryl methyl sites for hydroxylation is 1. The molecule has 1 amide bonds. The van der Waals surface area contributed by atoms with Gasteiger partial charge in [0.05, 0.1) is 16.3 Å². The minimum atomic E-state index is -3.72. The summed E-state index contributed by atoms with van der Waals surface area (Å²) < 4.78 is 33.2. The van der Waals surface area contributed by atoms with E-state index in [1.54, 1.807) is 46.7 Å². The van der Waals surface area contributed by atoms with Crippen molar-refractivity contribution < 1.29 is 17.9 Å². The number of hydrogen-bond acceptors (Lipinski definition) is 6. The minimum Gasteiger partial charge on any atom is -0.482 e. The smallest absolute Gasteiger partial charge is 0.265 e. The van der Waals surface area contributed by atoms with Crippen molar-refractivity contribution in [3.63, 3.8) is 0 Å². The molecule has 9 heteroatoms. The number of aromatic nitrogens is 1. The quantitative estimate of drug-likeness (QED) is 0.588. The van der Waals surface area contributed by atoms with Crippen LogP contribution in [0.2, 0.25) is 0 Å². The largest absolute Gasteiger partial charge is 0.482 e. The third-order valence-electron chi connectivity index (χ3n) is 4.57. The molecular weight excluding hydrogens is 422 g/mol. The van der Waals surface area contributed by atoms with Crippen LogP contribution in [0.15, 0.2) is 65.4 Å². The Morgan fingerprint density at radius 3 is 2.77 bits per heavy atom. The molecule has 0 radical (unpaired) electrons. The zero-order valence-electron chi connectivity index (χ0n) is 16.2. The molecular formula is C21H19N3O4S2. The Kier molecular flexibility index (Phi) is 5.31. The van der Waals surface area contributed by atoms with E-state index in [2.05, 4.69) is 16.3 Å². The summed E-state index contributed by atoms with van der Waals surface area (Å²) in [4.78, 5) is 18.4. The number of anilines is 2. The van der Waals surface area contributed by atoms with Gasteiger partial charge < -0.3 is 9.64 Å². The maximum atomic E-state index is 12.6. The van der Waals surface area contributed by atoms with E-state index in [9.17, 15) is 13.2 Å². The molecule has 1 aliphatic heterocycles. The number of nitrogens with zero attached hydrogens (tertiary/aromatic N) is 2. The van der Waals surface area contributed by atoms with Gasteiger partial charge in [-0.05, 0) is 37.3 Å². The van der Waals surface area contributed by atoms with Crippen molar-refractivity contribution in [1.82, 2.24) is 4.98 Å². The van der Waals surface area contributed by atoms with Crippen LogP contribution in [0.25, 0.3) is 11.3 Å². The summed E-state index contributed by atoms with van der Waals surface area (Å²) in [5.41, 5.74) is 2.96. The second-order valence-corrected chi connectivity index (χ2v) is 9.26. The number of ether oxygens (including phenoxy) is 1. The van der Waals surface area contributed by atoms with Crippen molar-refractivity contribution >= 4 is 38.1 Å². The Labute approximate surface area is 178 Å². The lowest BCUT2D eigenvalue weighted by Crippen LogP contribution is -2.38. The maximum absolute atomic E-state index is 12.6. The van der Waals surface area contributed by atoms with Crippen molar-refractivity contribution in [2.24, 2.45) is 0 Å². The number of thiazole rings is 1. The highest BCUT2D eigenvalue weighted by Crippen LogP contribution is 2.37.